The average Bonchev–Trinajstić information content (AvgIpc) is 2.65. The standard InChI is InChI=1S/C20H23ClN4OS/c1-24(2)11-5-12-25-19(26)17-14-15(21)7-8-18(17)23-20(25)27-13-9-16-6-3-4-10-22-16/h3-4,6-8,10,14H,5,9,11-13H2,1-2H3. The van der Waals surface area contributed by atoms with Crippen LogP contribution in [0.15, 0.2) is 52.5 Å². The van der Waals surface area contributed by atoms with Crippen LogP contribution in [0.3, 0.4) is 0 Å². The summed E-state index contributed by atoms with van der Waals surface area (Å²) in [4.78, 5) is 24.2. The van der Waals surface area contributed by atoms with Crippen LogP contribution in [0.5, 0.6) is 0 Å². The molecule has 7 heteroatoms. The van der Waals surface area contributed by atoms with Gasteiger partial charge in [0.2, 0.25) is 0 Å². The first-order valence-electron chi connectivity index (χ1n) is 8.92. The van der Waals surface area contributed by atoms with Crippen LogP contribution in [0.1, 0.15) is 12.1 Å². The highest BCUT2D eigenvalue weighted by molar-refractivity contribution is 7.99. The Hall–Kier alpha value is -1.89. The second-order valence-electron chi connectivity index (χ2n) is 6.59. The summed E-state index contributed by atoms with van der Waals surface area (Å²) in [5, 5.41) is 1.88. The fourth-order valence-corrected chi connectivity index (χ4v) is 3.98. The Balaban J connectivity index is 1.86. The number of halogens is 1. The highest BCUT2D eigenvalue weighted by atomic mass is 35.5. The quantitative estimate of drug-likeness (QED) is 0.424. The summed E-state index contributed by atoms with van der Waals surface area (Å²) in [6.45, 7) is 1.55. The van der Waals surface area contributed by atoms with Gasteiger partial charge in [0.05, 0.1) is 10.9 Å². The van der Waals surface area contributed by atoms with Gasteiger partial charge in [-0.2, -0.15) is 0 Å². The van der Waals surface area contributed by atoms with Crippen LogP contribution in [-0.4, -0.2) is 45.8 Å². The maximum absolute atomic E-state index is 13.0. The van der Waals surface area contributed by atoms with Crippen LogP contribution in [0.25, 0.3) is 10.9 Å². The van der Waals surface area contributed by atoms with Crippen molar-refractivity contribution in [2.24, 2.45) is 0 Å². The van der Waals surface area contributed by atoms with E-state index in [4.69, 9.17) is 16.6 Å². The van der Waals surface area contributed by atoms with E-state index in [-0.39, 0.29) is 5.56 Å². The first-order chi connectivity index (χ1) is 13.0. The van der Waals surface area contributed by atoms with E-state index in [0.717, 1.165) is 36.0 Å². The summed E-state index contributed by atoms with van der Waals surface area (Å²) in [7, 11) is 4.06. The molecule has 0 atom stereocenters. The summed E-state index contributed by atoms with van der Waals surface area (Å²) < 4.78 is 1.78. The molecule has 0 aliphatic heterocycles. The van der Waals surface area contributed by atoms with Crippen molar-refractivity contribution in [1.29, 1.82) is 0 Å². The van der Waals surface area contributed by atoms with Crippen molar-refractivity contribution in [3.8, 4) is 0 Å². The van der Waals surface area contributed by atoms with Gasteiger partial charge in [-0.05, 0) is 63.8 Å². The van der Waals surface area contributed by atoms with Gasteiger partial charge in [-0.3, -0.25) is 14.3 Å². The molecule has 0 aliphatic carbocycles. The molecular formula is C20H23ClN4OS. The lowest BCUT2D eigenvalue weighted by Gasteiger charge is -2.15. The maximum atomic E-state index is 13.0. The number of fused-ring (bicyclic) bond motifs is 1. The van der Waals surface area contributed by atoms with Gasteiger partial charge in [0.25, 0.3) is 5.56 Å². The first-order valence-corrected chi connectivity index (χ1v) is 10.3. The monoisotopic (exact) mass is 402 g/mol. The molecule has 3 rings (SSSR count). The predicted molar refractivity (Wildman–Crippen MR) is 113 cm³/mol. The molecule has 0 radical (unpaired) electrons. The van der Waals surface area contributed by atoms with E-state index in [9.17, 15) is 4.79 Å². The van der Waals surface area contributed by atoms with Gasteiger partial charge in [-0.15, -0.1) is 0 Å². The van der Waals surface area contributed by atoms with Gasteiger partial charge in [-0.1, -0.05) is 29.4 Å². The Morgan fingerprint density at radius 1 is 1.22 bits per heavy atom. The summed E-state index contributed by atoms with van der Waals surface area (Å²) >= 11 is 7.68. The number of hydrogen-bond acceptors (Lipinski definition) is 5. The van der Waals surface area contributed by atoms with Crippen LogP contribution in [0.4, 0.5) is 0 Å². The zero-order chi connectivity index (χ0) is 19.2. The Morgan fingerprint density at radius 3 is 2.81 bits per heavy atom. The topological polar surface area (TPSA) is 51.0 Å². The van der Waals surface area contributed by atoms with Crippen LogP contribution in [0.2, 0.25) is 5.02 Å². The number of hydrogen-bond donors (Lipinski definition) is 0. The number of aromatic nitrogens is 3. The lowest BCUT2D eigenvalue weighted by Crippen LogP contribution is -2.25. The van der Waals surface area contributed by atoms with Crippen molar-refractivity contribution in [3.05, 3.63) is 63.7 Å². The number of rotatable bonds is 8. The SMILES string of the molecule is CN(C)CCCn1c(SCCc2ccccn2)nc2ccc(Cl)cc2c1=O. The van der Waals surface area contributed by atoms with Gasteiger partial charge in [0.15, 0.2) is 5.16 Å². The second-order valence-corrected chi connectivity index (χ2v) is 8.09. The van der Waals surface area contributed by atoms with Crippen LogP contribution in [0, 0.1) is 0 Å². The van der Waals surface area contributed by atoms with Crippen molar-refractivity contribution in [1.82, 2.24) is 19.4 Å². The van der Waals surface area contributed by atoms with Crippen molar-refractivity contribution >= 4 is 34.3 Å². The minimum atomic E-state index is -0.0263. The fraction of sp³-hybridized carbons (Fsp3) is 0.350. The lowest BCUT2D eigenvalue weighted by atomic mass is 10.2. The van der Waals surface area contributed by atoms with Crippen LogP contribution < -0.4 is 5.56 Å². The smallest absolute Gasteiger partial charge is 0.262 e. The molecule has 27 heavy (non-hydrogen) atoms. The van der Waals surface area contributed by atoms with Crippen molar-refractivity contribution < 1.29 is 0 Å². The Bertz CT molecular complexity index is 959. The largest absolute Gasteiger partial charge is 0.309 e. The third kappa shape index (κ3) is 5.31. The molecule has 2 heterocycles. The molecule has 0 unspecified atom stereocenters. The number of thioether (sulfide) groups is 1. The molecule has 2 aromatic heterocycles. The van der Waals surface area contributed by atoms with E-state index in [1.54, 1.807) is 34.7 Å². The van der Waals surface area contributed by atoms with Crippen molar-refractivity contribution in [2.75, 3.05) is 26.4 Å². The molecular weight excluding hydrogens is 380 g/mol. The minimum Gasteiger partial charge on any atom is -0.309 e. The van der Waals surface area contributed by atoms with Gasteiger partial charge < -0.3 is 4.90 Å². The summed E-state index contributed by atoms with van der Waals surface area (Å²) in [5.74, 6) is 0.816. The lowest BCUT2D eigenvalue weighted by molar-refractivity contribution is 0.379. The summed E-state index contributed by atoms with van der Waals surface area (Å²) in [6.07, 6.45) is 3.52. The zero-order valence-electron chi connectivity index (χ0n) is 15.6. The first kappa shape index (κ1) is 19.9. The van der Waals surface area contributed by atoms with E-state index in [1.807, 2.05) is 38.4 Å². The number of benzene rings is 1. The molecule has 0 spiro atoms. The number of aryl methyl sites for hydroxylation is 1. The van der Waals surface area contributed by atoms with E-state index in [0.29, 0.717) is 22.5 Å². The van der Waals surface area contributed by atoms with Gasteiger partial charge in [0.1, 0.15) is 0 Å². The molecule has 0 N–H and O–H groups in total. The molecule has 0 saturated heterocycles. The predicted octanol–water partition coefficient (Wildman–Crippen LogP) is 3.73. The third-order valence-corrected chi connectivity index (χ3v) is 5.40. The number of nitrogens with zero attached hydrogens (tertiary/aromatic N) is 4. The van der Waals surface area contributed by atoms with Crippen molar-refractivity contribution in [2.45, 2.75) is 24.5 Å². The Morgan fingerprint density at radius 2 is 2.07 bits per heavy atom. The molecule has 0 saturated carbocycles. The minimum absolute atomic E-state index is 0.0263. The molecule has 1 aromatic carbocycles. The summed E-state index contributed by atoms with van der Waals surface area (Å²) in [5.41, 5.74) is 1.70. The Labute approximate surface area is 168 Å². The maximum Gasteiger partial charge on any atom is 0.262 e. The normalized spacial score (nSPS) is 11.4. The highest BCUT2D eigenvalue weighted by Crippen LogP contribution is 2.21. The highest BCUT2D eigenvalue weighted by Gasteiger charge is 2.12. The molecule has 3 aromatic rings. The van der Waals surface area contributed by atoms with Crippen molar-refractivity contribution in [3.63, 3.8) is 0 Å². The summed E-state index contributed by atoms with van der Waals surface area (Å²) in [6, 6.07) is 11.2. The molecule has 142 valence electrons. The number of pyridine rings is 1. The second kappa shape index (κ2) is 9.35. The van der Waals surface area contributed by atoms with Gasteiger partial charge in [0, 0.05) is 29.2 Å². The molecule has 0 aliphatic rings. The van der Waals surface area contributed by atoms with Crippen LogP contribution >= 0.6 is 23.4 Å². The van der Waals surface area contributed by atoms with E-state index in [1.165, 1.54) is 0 Å². The van der Waals surface area contributed by atoms with E-state index in [2.05, 4.69) is 9.88 Å². The molecule has 0 fully saturated rings. The fourth-order valence-electron chi connectivity index (χ4n) is 2.82. The molecule has 5 nitrogen and oxygen atoms in total. The Kier molecular flexibility index (Phi) is 6.88. The van der Waals surface area contributed by atoms with Crippen LogP contribution in [-0.2, 0) is 13.0 Å². The van der Waals surface area contributed by atoms with Gasteiger partial charge in [-0.25, -0.2) is 4.98 Å². The third-order valence-electron chi connectivity index (χ3n) is 4.18. The van der Waals surface area contributed by atoms with Gasteiger partial charge >= 0.3 is 0 Å². The zero-order valence-corrected chi connectivity index (χ0v) is 17.1. The van der Waals surface area contributed by atoms with E-state index >= 15 is 0 Å². The molecule has 0 amide bonds. The van der Waals surface area contributed by atoms with E-state index < -0.39 is 0 Å². The average molecular weight is 403 g/mol. The molecule has 0 bridgehead atoms.